The van der Waals surface area contributed by atoms with Crippen LogP contribution in [-0.2, 0) is 5.75 Å². The number of benzene rings is 2. The van der Waals surface area contributed by atoms with Crippen LogP contribution in [0.3, 0.4) is 0 Å². The van der Waals surface area contributed by atoms with Crippen molar-refractivity contribution in [1.29, 1.82) is 0 Å². The van der Waals surface area contributed by atoms with Crippen LogP contribution in [0.5, 0.6) is 11.5 Å². The van der Waals surface area contributed by atoms with Gasteiger partial charge in [-0.15, -0.1) is 5.10 Å². The lowest BCUT2D eigenvalue weighted by Gasteiger charge is -2.01. The Labute approximate surface area is 152 Å². The first kappa shape index (κ1) is 15.2. The summed E-state index contributed by atoms with van der Waals surface area (Å²) < 4.78 is 16.1. The molecule has 0 bridgehead atoms. The number of hydrogen-bond acceptors (Lipinski definition) is 8. The average Bonchev–Trinajstić information content (AvgIpc) is 3.35. The van der Waals surface area contributed by atoms with Gasteiger partial charge < -0.3 is 14.0 Å². The van der Waals surface area contributed by atoms with Gasteiger partial charge in [-0.2, -0.15) is 10.1 Å². The molecule has 0 unspecified atom stereocenters. The van der Waals surface area contributed by atoms with Crippen LogP contribution in [0.2, 0.25) is 0 Å². The van der Waals surface area contributed by atoms with Crippen molar-refractivity contribution >= 4 is 22.5 Å². The zero-order valence-electron chi connectivity index (χ0n) is 13.5. The monoisotopic (exact) mass is 364 g/mol. The van der Waals surface area contributed by atoms with E-state index in [0.717, 1.165) is 27.1 Å². The Morgan fingerprint density at radius 2 is 1.96 bits per heavy atom. The van der Waals surface area contributed by atoms with Gasteiger partial charge in [0.25, 0.3) is 0 Å². The standard InChI is InChI=1S/C18H12N4O3S/c1-2-4-13-12(3-1)8-19-21-18(13)26-9-16-20-17(22-25-16)11-5-6-14-15(7-11)24-10-23-14/h1-8H,9-10H2. The summed E-state index contributed by atoms with van der Waals surface area (Å²) in [4.78, 5) is 4.46. The summed E-state index contributed by atoms with van der Waals surface area (Å²) in [5.74, 6) is 2.97. The third-order valence-corrected chi connectivity index (χ3v) is 4.93. The Kier molecular flexibility index (Phi) is 3.67. The summed E-state index contributed by atoms with van der Waals surface area (Å²) in [6.07, 6.45) is 1.75. The fourth-order valence-electron chi connectivity index (χ4n) is 2.70. The molecule has 128 valence electrons. The molecule has 7 nitrogen and oxygen atoms in total. The highest BCUT2D eigenvalue weighted by atomic mass is 32.2. The Morgan fingerprint density at radius 3 is 2.96 bits per heavy atom. The van der Waals surface area contributed by atoms with Crippen LogP contribution in [0.4, 0.5) is 0 Å². The SMILES string of the molecule is c1ccc2c(SCc3nc(-c4ccc5c(c4)OCO5)no3)nncc2c1. The number of ether oxygens (including phenoxy) is 2. The van der Waals surface area contributed by atoms with Gasteiger partial charge in [0.2, 0.25) is 18.5 Å². The molecular formula is C18H12N4O3S. The molecule has 0 spiro atoms. The molecule has 5 rings (SSSR count). The topological polar surface area (TPSA) is 83.2 Å². The minimum absolute atomic E-state index is 0.235. The van der Waals surface area contributed by atoms with Crippen molar-refractivity contribution in [3.8, 4) is 22.9 Å². The van der Waals surface area contributed by atoms with E-state index in [0.29, 0.717) is 23.2 Å². The highest BCUT2D eigenvalue weighted by Gasteiger charge is 2.17. The van der Waals surface area contributed by atoms with E-state index in [1.54, 1.807) is 6.20 Å². The first-order valence-corrected chi connectivity index (χ1v) is 8.91. The van der Waals surface area contributed by atoms with Gasteiger partial charge in [-0.05, 0) is 18.2 Å². The highest BCUT2D eigenvalue weighted by Crippen LogP contribution is 2.35. The molecule has 4 aromatic rings. The smallest absolute Gasteiger partial charge is 0.237 e. The van der Waals surface area contributed by atoms with Crippen molar-refractivity contribution in [2.75, 3.05) is 6.79 Å². The van der Waals surface area contributed by atoms with Crippen LogP contribution in [-0.4, -0.2) is 27.1 Å². The van der Waals surface area contributed by atoms with E-state index >= 15 is 0 Å². The Morgan fingerprint density at radius 1 is 1.04 bits per heavy atom. The van der Waals surface area contributed by atoms with E-state index in [2.05, 4.69) is 20.3 Å². The molecule has 26 heavy (non-hydrogen) atoms. The lowest BCUT2D eigenvalue weighted by molar-refractivity contribution is 0.174. The van der Waals surface area contributed by atoms with E-state index in [-0.39, 0.29) is 6.79 Å². The fourth-order valence-corrected chi connectivity index (χ4v) is 3.53. The number of nitrogens with zero attached hydrogens (tertiary/aromatic N) is 4. The molecule has 1 aliphatic rings. The summed E-state index contributed by atoms with van der Waals surface area (Å²) in [6.45, 7) is 0.235. The maximum Gasteiger partial charge on any atom is 0.237 e. The molecule has 3 heterocycles. The largest absolute Gasteiger partial charge is 0.454 e. The maximum absolute atomic E-state index is 5.39. The maximum atomic E-state index is 5.39. The number of aromatic nitrogens is 4. The molecular weight excluding hydrogens is 352 g/mol. The van der Waals surface area contributed by atoms with Crippen LogP contribution in [0, 0.1) is 0 Å². The van der Waals surface area contributed by atoms with Gasteiger partial charge in [-0.25, -0.2) is 0 Å². The number of rotatable bonds is 4. The summed E-state index contributed by atoms with van der Waals surface area (Å²) in [5, 5.41) is 15.3. The van der Waals surface area contributed by atoms with Crippen LogP contribution in [0.25, 0.3) is 22.2 Å². The normalized spacial score (nSPS) is 12.6. The van der Waals surface area contributed by atoms with E-state index in [1.807, 2.05) is 42.5 Å². The molecule has 0 atom stereocenters. The Bertz CT molecular complexity index is 1090. The molecule has 0 N–H and O–H groups in total. The second-order valence-electron chi connectivity index (χ2n) is 5.61. The van der Waals surface area contributed by atoms with E-state index in [1.165, 1.54) is 11.8 Å². The molecule has 0 amide bonds. The summed E-state index contributed by atoms with van der Waals surface area (Å²) >= 11 is 1.52. The van der Waals surface area contributed by atoms with E-state index in [4.69, 9.17) is 14.0 Å². The average molecular weight is 364 g/mol. The van der Waals surface area contributed by atoms with Gasteiger partial charge >= 0.3 is 0 Å². The Hall–Kier alpha value is -3.13. The van der Waals surface area contributed by atoms with Crippen molar-refractivity contribution < 1.29 is 14.0 Å². The van der Waals surface area contributed by atoms with Crippen molar-refractivity contribution in [3.05, 3.63) is 54.6 Å². The van der Waals surface area contributed by atoms with E-state index < -0.39 is 0 Å². The van der Waals surface area contributed by atoms with Crippen molar-refractivity contribution in [2.24, 2.45) is 0 Å². The summed E-state index contributed by atoms with van der Waals surface area (Å²) in [7, 11) is 0. The second kappa shape index (κ2) is 6.30. The zero-order chi connectivity index (χ0) is 17.3. The molecule has 0 saturated heterocycles. The third kappa shape index (κ3) is 2.74. The molecule has 2 aromatic heterocycles. The fraction of sp³-hybridized carbons (Fsp3) is 0.111. The second-order valence-corrected chi connectivity index (χ2v) is 6.57. The number of fused-ring (bicyclic) bond motifs is 2. The molecule has 0 saturated carbocycles. The zero-order valence-corrected chi connectivity index (χ0v) is 14.3. The van der Waals surface area contributed by atoms with Crippen LogP contribution < -0.4 is 9.47 Å². The number of hydrogen-bond donors (Lipinski definition) is 0. The third-order valence-electron chi connectivity index (χ3n) is 3.97. The predicted molar refractivity (Wildman–Crippen MR) is 95.0 cm³/mol. The minimum Gasteiger partial charge on any atom is -0.454 e. The van der Waals surface area contributed by atoms with Gasteiger partial charge in [-0.3, -0.25) is 0 Å². The highest BCUT2D eigenvalue weighted by molar-refractivity contribution is 7.98. The quantitative estimate of drug-likeness (QED) is 0.507. The van der Waals surface area contributed by atoms with Crippen molar-refractivity contribution in [2.45, 2.75) is 10.8 Å². The molecule has 0 radical (unpaired) electrons. The van der Waals surface area contributed by atoms with Crippen molar-refractivity contribution in [3.63, 3.8) is 0 Å². The van der Waals surface area contributed by atoms with Gasteiger partial charge in [0.05, 0.1) is 11.9 Å². The first-order chi connectivity index (χ1) is 12.9. The summed E-state index contributed by atoms with van der Waals surface area (Å²) in [5.41, 5.74) is 0.819. The molecule has 1 aliphatic heterocycles. The molecule has 2 aromatic carbocycles. The molecule has 8 heteroatoms. The first-order valence-electron chi connectivity index (χ1n) is 7.93. The lowest BCUT2D eigenvalue weighted by Crippen LogP contribution is -1.92. The van der Waals surface area contributed by atoms with Gasteiger partial charge in [0.1, 0.15) is 5.03 Å². The van der Waals surface area contributed by atoms with E-state index in [9.17, 15) is 0 Å². The van der Waals surface area contributed by atoms with Crippen LogP contribution >= 0.6 is 11.8 Å². The van der Waals surface area contributed by atoms with Gasteiger partial charge in [-0.1, -0.05) is 41.2 Å². The Balaban J connectivity index is 1.36. The lowest BCUT2D eigenvalue weighted by atomic mass is 10.2. The van der Waals surface area contributed by atoms with Gasteiger partial charge in [0.15, 0.2) is 11.5 Å². The molecule has 0 fully saturated rings. The number of thioether (sulfide) groups is 1. The van der Waals surface area contributed by atoms with Crippen LogP contribution in [0.1, 0.15) is 5.89 Å². The predicted octanol–water partition coefficient (Wildman–Crippen LogP) is 3.70. The summed E-state index contributed by atoms with van der Waals surface area (Å²) in [6, 6.07) is 13.6. The van der Waals surface area contributed by atoms with Crippen LogP contribution in [0.15, 0.2) is 58.2 Å². The molecule has 0 aliphatic carbocycles. The van der Waals surface area contributed by atoms with Gasteiger partial charge in [0, 0.05) is 16.3 Å². The van der Waals surface area contributed by atoms with Crippen molar-refractivity contribution in [1.82, 2.24) is 20.3 Å². The minimum atomic E-state index is 0.235.